The van der Waals surface area contributed by atoms with Crippen LogP contribution >= 0.6 is 11.6 Å². The zero-order valence-electron chi connectivity index (χ0n) is 16.9. The summed E-state index contributed by atoms with van der Waals surface area (Å²) in [6, 6.07) is 9.78. The molecule has 1 aliphatic heterocycles. The van der Waals surface area contributed by atoms with E-state index in [2.05, 4.69) is 31.0 Å². The molecule has 3 heterocycles. The number of carbonyl (C=O) groups excluding carboxylic acids is 1. The number of nitrogens with zero attached hydrogens (tertiary/aromatic N) is 4. The van der Waals surface area contributed by atoms with Gasteiger partial charge in [0.05, 0.1) is 11.1 Å². The van der Waals surface area contributed by atoms with Crippen LogP contribution in [0.15, 0.2) is 42.5 Å². The molecule has 2 aromatic heterocycles. The van der Waals surface area contributed by atoms with E-state index in [1.165, 1.54) is 16.6 Å². The van der Waals surface area contributed by atoms with Crippen LogP contribution in [0.3, 0.4) is 0 Å². The Morgan fingerprint density at radius 1 is 1.09 bits per heavy atom. The summed E-state index contributed by atoms with van der Waals surface area (Å²) in [7, 11) is 0. The highest BCUT2D eigenvalue weighted by atomic mass is 35.5. The van der Waals surface area contributed by atoms with Gasteiger partial charge in [0.1, 0.15) is 6.04 Å². The molecule has 4 aromatic rings. The first-order chi connectivity index (χ1) is 15.8. The van der Waals surface area contributed by atoms with E-state index >= 15 is 0 Å². The van der Waals surface area contributed by atoms with Crippen molar-refractivity contribution in [2.24, 2.45) is 0 Å². The molecule has 0 aliphatic carbocycles. The molecular formula is C21H17ClF3N7O. The number of aromatic nitrogens is 4. The van der Waals surface area contributed by atoms with Crippen molar-refractivity contribution in [2.75, 3.05) is 25.0 Å². The van der Waals surface area contributed by atoms with Gasteiger partial charge in [0.25, 0.3) is 0 Å². The van der Waals surface area contributed by atoms with E-state index < -0.39 is 17.8 Å². The summed E-state index contributed by atoms with van der Waals surface area (Å²) in [5.74, 6) is -0.0344. The number of amides is 1. The fourth-order valence-electron chi connectivity index (χ4n) is 3.68. The standard InChI is InChI=1S/C21H17ClF3N7O/c22-12-6-4-11(5-7-12)17-30-18-13-2-1-3-14(21(23,24)25)16(13)29-20(32(18)31-17)28-15-10-26-8-9-27-19(15)33/h1-7,15,26H,8-10H2,(H,27,33)(H,28,29)/t15-/m1/s1. The van der Waals surface area contributed by atoms with Gasteiger partial charge in [-0.15, -0.1) is 5.10 Å². The Morgan fingerprint density at radius 3 is 2.64 bits per heavy atom. The van der Waals surface area contributed by atoms with Crippen molar-refractivity contribution in [3.8, 4) is 11.4 Å². The molecule has 0 spiro atoms. The molecule has 0 saturated carbocycles. The number of carbonyl (C=O) groups is 1. The van der Waals surface area contributed by atoms with Crippen LogP contribution in [0.2, 0.25) is 5.02 Å². The molecule has 0 bridgehead atoms. The summed E-state index contributed by atoms with van der Waals surface area (Å²) >= 11 is 5.96. The van der Waals surface area contributed by atoms with Crippen molar-refractivity contribution in [1.82, 2.24) is 30.2 Å². The lowest BCUT2D eigenvalue weighted by Crippen LogP contribution is -2.42. The van der Waals surface area contributed by atoms with Crippen LogP contribution in [0.1, 0.15) is 5.56 Å². The average molecular weight is 476 g/mol. The maximum atomic E-state index is 13.7. The van der Waals surface area contributed by atoms with Crippen molar-refractivity contribution in [2.45, 2.75) is 12.2 Å². The van der Waals surface area contributed by atoms with Crippen LogP contribution in [0.25, 0.3) is 27.9 Å². The summed E-state index contributed by atoms with van der Waals surface area (Å²) in [6.45, 7) is 1.29. The lowest BCUT2D eigenvalue weighted by atomic mass is 10.1. The second-order valence-corrected chi connectivity index (χ2v) is 7.94. The average Bonchev–Trinajstić information content (AvgIpc) is 3.13. The first-order valence-electron chi connectivity index (χ1n) is 10.1. The van der Waals surface area contributed by atoms with Gasteiger partial charge in [0.15, 0.2) is 11.5 Å². The Hall–Kier alpha value is -3.44. The molecule has 170 valence electrons. The van der Waals surface area contributed by atoms with Crippen LogP contribution in [0, 0.1) is 0 Å². The smallest absolute Gasteiger partial charge is 0.353 e. The van der Waals surface area contributed by atoms with Crippen LogP contribution < -0.4 is 16.0 Å². The molecule has 0 radical (unpaired) electrons. The first-order valence-corrected chi connectivity index (χ1v) is 10.5. The van der Waals surface area contributed by atoms with Crippen molar-refractivity contribution < 1.29 is 18.0 Å². The fraction of sp³-hybridized carbons (Fsp3) is 0.238. The molecule has 3 N–H and O–H groups in total. The predicted molar refractivity (Wildman–Crippen MR) is 117 cm³/mol. The second-order valence-electron chi connectivity index (χ2n) is 7.50. The Kier molecular flexibility index (Phi) is 5.29. The number of fused-ring (bicyclic) bond motifs is 3. The van der Waals surface area contributed by atoms with Crippen LogP contribution in [-0.4, -0.2) is 51.2 Å². The van der Waals surface area contributed by atoms with Crippen molar-refractivity contribution in [3.05, 3.63) is 53.1 Å². The number of para-hydroxylation sites is 1. The Labute approximate surface area is 190 Å². The molecule has 1 fully saturated rings. The van der Waals surface area contributed by atoms with Crippen LogP contribution in [0.4, 0.5) is 19.1 Å². The summed E-state index contributed by atoms with van der Waals surface area (Å²) in [6.07, 6.45) is -4.62. The number of rotatable bonds is 3. The van der Waals surface area contributed by atoms with Crippen molar-refractivity contribution in [1.29, 1.82) is 0 Å². The molecule has 33 heavy (non-hydrogen) atoms. The van der Waals surface area contributed by atoms with Gasteiger partial charge in [-0.25, -0.2) is 9.97 Å². The maximum Gasteiger partial charge on any atom is 0.418 e. The van der Waals surface area contributed by atoms with Gasteiger partial charge in [-0.05, 0) is 36.4 Å². The molecule has 1 atom stereocenters. The number of alkyl halides is 3. The topological polar surface area (TPSA) is 96.2 Å². The zero-order chi connectivity index (χ0) is 23.2. The number of nitrogens with one attached hydrogen (secondary N) is 3. The number of anilines is 1. The molecule has 5 rings (SSSR count). The number of hydrogen-bond donors (Lipinski definition) is 3. The molecule has 2 aromatic carbocycles. The van der Waals surface area contributed by atoms with E-state index in [1.54, 1.807) is 24.3 Å². The fourth-order valence-corrected chi connectivity index (χ4v) is 3.81. The van der Waals surface area contributed by atoms with Gasteiger partial charge in [-0.2, -0.15) is 17.7 Å². The van der Waals surface area contributed by atoms with E-state index in [4.69, 9.17) is 11.6 Å². The lowest BCUT2D eigenvalue weighted by molar-refractivity contribution is -0.136. The van der Waals surface area contributed by atoms with E-state index in [0.717, 1.165) is 6.07 Å². The van der Waals surface area contributed by atoms with Crippen molar-refractivity contribution >= 4 is 40.0 Å². The monoisotopic (exact) mass is 475 g/mol. The first kappa shape index (κ1) is 21.4. The van der Waals surface area contributed by atoms with Crippen LogP contribution in [0.5, 0.6) is 0 Å². The van der Waals surface area contributed by atoms with Gasteiger partial charge in [0, 0.05) is 35.6 Å². The largest absolute Gasteiger partial charge is 0.418 e. The highest BCUT2D eigenvalue weighted by molar-refractivity contribution is 6.30. The van der Waals surface area contributed by atoms with Crippen molar-refractivity contribution in [3.63, 3.8) is 0 Å². The Morgan fingerprint density at radius 2 is 1.88 bits per heavy atom. The maximum absolute atomic E-state index is 13.7. The minimum atomic E-state index is -4.62. The van der Waals surface area contributed by atoms with Gasteiger partial charge in [0.2, 0.25) is 11.9 Å². The number of benzene rings is 2. The molecule has 1 amide bonds. The molecule has 12 heteroatoms. The Bertz CT molecular complexity index is 1350. The SMILES string of the molecule is O=C1NCCNC[C@H]1Nc1nc2c(C(F)(F)F)cccc2c2nc(-c3ccc(Cl)cc3)nn12. The zero-order valence-corrected chi connectivity index (χ0v) is 17.7. The summed E-state index contributed by atoms with van der Waals surface area (Å²) in [4.78, 5) is 21.2. The third-order valence-electron chi connectivity index (χ3n) is 5.28. The highest BCUT2D eigenvalue weighted by Crippen LogP contribution is 2.36. The normalized spacial score (nSPS) is 17.2. The molecular weight excluding hydrogens is 459 g/mol. The third-order valence-corrected chi connectivity index (χ3v) is 5.53. The van der Waals surface area contributed by atoms with Gasteiger partial charge in [-0.1, -0.05) is 17.7 Å². The van der Waals surface area contributed by atoms with E-state index in [1.807, 2.05) is 0 Å². The summed E-state index contributed by atoms with van der Waals surface area (Å²) in [5.41, 5.74) is -0.370. The quantitative estimate of drug-likeness (QED) is 0.421. The minimum absolute atomic E-state index is 0.0224. The van der Waals surface area contributed by atoms with Gasteiger partial charge in [-0.3, -0.25) is 4.79 Å². The third kappa shape index (κ3) is 4.05. The van der Waals surface area contributed by atoms with Crippen LogP contribution in [-0.2, 0) is 11.0 Å². The predicted octanol–water partition coefficient (Wildman–Crippen LogP) is 3.12. The highest BCUT2D eigenvalue weighted by Gasteiger charge is 2.34. The number of halogens is 4. The summed E-state index contributed by atoms with van der Waals surface area (Å²) in [5, 5.41) is 14.0. The van der Waals surface area contributed by atoms with E-state index in [9.17, 15) is 18.0 Å². The second kappa shape index (κ2) is 8.16. The molecule has 8 nitrogen and oxygen atoms in total. The Balaban J connectivity index is 1.73. The van der Waals surface area contributed by atoms with Gasteiger partial charge >= 0.3 is 6.18 Å². The number of hydrogen-bond acceptors (Lipinski definition) is 6. The van der Waals surface area contributed by atoms with E-state index in [-0.39, 0.29) is 40.8 Å². The summed E-state index contributed by atoms with van der Waals surface area (Å²) < 4.78 is 42.6. The molecule has 0 unspecified atom stereocenters. The van der Waals surface area contributed by atoms with Gasteiger partial charge < -0.3 is 16.0 Å². The van der Waals surface area contributed by atoms with E-state index in [0.29, 0.717) is 23.7 Å². The molecule has 1 saturated heterocycles. The minimum Gasteiger partial charge on any atom is -0.353 e. The lowest BCUT2D eigenvalue weighted by Gasteiger charge is -2.17. The molecule has 1 aliphatic rings.